The fourth-order valence-corrected chi connectivity index (χ4v) is 7.82. The van der Waals surface area contributed by atoms with Crippen molar-refractivity contribution in [3.8, 4) is 33.4 Å². The molecule has 1 heterocycles. The first-order valence-corrected chi connectivity index (χ1v) is 17.8. The summed E-state index contributed by atoms with van der Waals surface area (Å²) in [5.74, 6) is 0. The third kappa shape index (κ3) is 5.04. The molecule has 0 radical (unpaired) electrons. The average Bonchev–Trinajstić information content (AvgIpc) is 3.61. The van der Waals surface area contributed by atoms with Gasteiger partial charge >= 0.3 is 0 Å². The normalized spacial score (nSPS) is 11.5. The van der Waals surface area contributed by atoms with E-state index in [9.17, 15) is 0 Å². The van der Waals surface area contributed by atoms with Gasteiger partial charge in [-0.05, 0) is 86.3 Å². The summed E-state index contributed by atoms with van der Waals surface area (Å²) in [5.41, 5.74) is 11.9. The van der Waals surface area contributed by atoms with E-state index < -0.39 is 0 Å². The van der Waals surface area contributed by atoms with Crippen LogP contribution in [0.1, 0.15) is 0 Å². The molecule has 0 N–H and O–H groups in total. The van der Waals surface area contributed by atoms with Gasteiger partial charge < -0.3 is 9.32 Å². The van der Waals surface area contributed by atoms with E-state index in [0.29, 0.717) is 0 Å². The van der Waals surface area contributed by atoms with Crippen LogP contribution < -0.4 is 4.90 Å². The molecule has 0 saturated heterocycles. The molecule has 2 heteroatoms. The number of hydrogen-bond donors (Lipinski definition) is 0. The van der Waals surface area contributed by atoms with Gasteiger partial charge in [0.25, 0.3) is 0 Å². The molecule has 0 spiro atoms. The third-order valence-electron chi connectivity index (χ3n) is 10.2. The Kier molecular flexibility index (Phi) is 7.18. The Balaban J connectivity index is 1.26. The molecule has 10 rings (SSSR count). The second kappa shape index (κ2) is 12.5. The number of nitrogens with zero attached hydrogens (tertiary/aromatic N) is 1. The Bertz CT molecular complexity index is 2910. The van der Waals surface area contributed by atoms with E-state index >= 15 is 0 Å². The van der Waals surface area contributed by atoms with E-state index in [2.05, 4.69) is 199 Å². The Morgan fingerprint density at radius 3 is 1.83 bits per heavy atom. The van der Waals surface area contributed by atoms with Crippen molar-refractivity contribution in [2.75, 3.05) is 4.90 Å². The van der Waals surface area contributed by atoms with Gasteiger partial charge in [0.2, 0.25) is 0 Å². The third-order valence-corrected chi connectivity index (χ3v) is 10.2. The molecule has 52 heavy (non-hydrogen) atoms. The summed E-state index contributed by atoms with van der Waals surface area (Å²) in [4.78, 5) is 2.45. The zero-order chi connectivity index (χ0) is 34.4. The van der Waals surface area contributed by atoms with Crippen LogP contribution in [0.25, 0.3) is 76.9 Å². The van der Waals surface area contributed by atoms with Crippen LogP contribution in [-0.2, 0) is 0 Å². The number of hydrogen-bond acceptors (Lipinski definition) is 2. The van der Waals surface area contributed by atoms with Crippen molar-refractivity contribution in [3.05, 3.63) is 200 Å². The monoisotopic (exact) mass is 663 g/mol. The number of fused-ring (bicyclic) bond motifs is 6. The lowest BCUT2D eigenvalue weighted by Gasteiger charge is -2.31. The van der Waals surface area contributed by atoms with Gasteiger partial charge in [0.1, 0.15) is 11.2 Å². The van der Waals surface area contributed by atoms with Crippen LogP contribution >= 0.6 is 0 Å². The molecule has 0 fully saturated rings. The molecular formula is C50H33NO. The molecule has 0 aliphatic rings. The zero-order valence-electron chi connectivity index (χ0n) is 28.4. The van der Waals surface area contributed by atoms with Crippen LogP contribution in [0.2, 0.25) is 0 Å². The largest absolute Gasteiger partial charge is 0.456 e. The van der Waals surface area contributed by atoms with Crippen LogP contribution in [0.3, 0.4) is 0 Å². The minimum absolute atomic E-state index is 0.857. The lowest BCUT2D eigenvalue weighted by atomic mass is 9.95. The summed E-state index contributed by atoms with van der Waals surface area (Å²) < 4.78 is 6.56. The predicted molar refractivity (Wildman–Crippen MR) is 220 cm³/mol. The van der Waals surface area contributed by atoms with E-state index in [4.69, 9.17) is 4.42 Å². The first-order chi connectivity index (χ1) is 25.8. The van der Waals surface area contributed by atoms with Gasteiger partial charge in [-0.3, -0.25) is 0 Å². The molecule has 0 unspecified atom stereocenters. The quantitative estimate of drug-likeness (QED) is 0.165. The van der Waals surface area contributed by atoms with E-state index in [1.807, 2.05) is 6.07 Å². The fourth-order valence-electron chi connectivity index (χ4n) is 7.82. The van der Waals surface area contributed by atoms with Crippen LogP contribution in [0.15, 0.2) is 205 Å². The van der Waals surface area contributed by atoms with Gasteiger partial charge in [0, 0.05) is 22.2 Å². The Morgan fingerprint density at radius 1 is 0.346 bits per heavy atom. The van der Waals surface area contributed by atoms with Gasteiger partial charge in [-0.15, -0.1) is 0 Å². The molecular weight excluding hydrogens is 631 g/mol. The zero-order valence-corrected chi connectivity index (χ0v) is 28.4. The van der Waals surface area contributed by atoms with Crippen molar-refractivity contribution in [1.29, 1.82) is 0 Å². The minimum atomic E-state index is 0.857. The highest BCUT2D eigenvalue weighted by Crippen LogP contribution is 2.50. The van der Waals surface area contributed by atoms with E-state index in [0.717, 1.165) is 66.8 Å². The first kappa shape index (κ1) is 30.0. The molecule has 0 amide bonds. The molecule has 0 saturated carbocycles. The SMILES string of the molecule is c1ccc(-c2ccccc2N(c2cccc(-c3ccc4c(ccc5ccccc54)c3)c2)c2c(-c3ccccc3)ccc3oc4ccccc4c23)cc1. The lowest BCUT2D eigenvalue weighted by Crippen LogP contribution is -2.13. The molecule has 0 bridgehead atoms. The molecule has 0 aliphatic heterocycles. The van der Waals surface area contributed by atoms with Crippen LogP contribution in [-0.4, -0.2) is 0 Å². The molecule has 244 valence electrons. The maximum atomic E-state index is 6.56. The summed E-state index contributed by atoms with van der Waals surface area (Å²) in [7, 11) is 0. The highest BCUT2D eigenvalue weighted by molar-refractivity contribution is 6.17. The molecule has 9 aromatic carbocycles. The summed E-state index contributed by atoms with van der Waals surface area (Å²) >= 11 is 0. The standard InChI is InChI=1S/C50H33NO/c1-3-14-34(15-4-1)43-22-9-11-24-46(43)51(50-44(35-16-5-2-6-17-35)30-31-48-49(50)45-23-10-12-25-47(45)52-48)40-20-13-19-37(33-40)38-28-29-42-39(32-38)27-26-36-18-7-8-21-41(36)42/h1-33H. The van der Waals surface area contributed by atoms with Gasteiger partial charge in [-0.1, -0.05) is 158 Å². The van der Waals surface area contributed by atoms with Crippen molar-refractivity contribution < 1.29 is 4.42 Å². The van der Waals surface area contributed by atoms with Gasteiger partial charge in [0.05, 0.1) is 16.8 Å². The van der Waals surface area contributed by atoms with Crippen molar-refractivity contribution >= 4 is 60.5 Å². The van der Waals surface area contributed by atoms with Crippen LogP contribution in [0.4, 0.5) is 17.1 Å². The number of rotatable bonds is 6. The smallest absolute Gasteiger partial charge is 0.137 e. The fraction of sp³-hybridized carbons (Fsp3) is 0. The molecule has 2 nitrogen and oxygen atoms in total. The Morgan fingerprint density at radius 2 is 0.981 bits per heavy atom. The average molecular weight is 664 g/mol. The Hall–Kier alpha value is -6.90. The van der Waals surface area contributed by atoms with Gasteiger partial charge in [-0.25, -0.2) is 0 Å². The van der Waals surface area contributed by atoms with E-state index in [-0.39, 0.29) is 0 Å². The summed E-state index contributed by atoms with van der Waals surface area (Å²) in [6, 6.07) is 71.7. The number of benzene rings is 9. The maximum Gasteiger partial charge on any atom is 0.137 e. The van der Waals surface area contributed by atoms with Gasteiger partial charge in [-0.2, -0.15) is 0 Å². The Labute approximate surface area is 302 Å². The number of anilines is 3. The summed E-state index contributed by atoms with van der Waals surface area (Å²) in [6.07, 6.45) is 0. The van der Waals surface area contributed by atoms with E-state index in [1.165, 1.54) is 27.1 Å². The minimum Gasteiger partial charge on any atom is -0.456 e. The summed E-state index contributed by atoms with van der Waals surface area (Å²) in [6.45, 7) is 0. The molecule has 0 atom stereocenters. The van der Waals surface area contributed by atoms with Crippen molar-refractivity contribution in [3.63, 3.8) is 0 Å². The van der Waals surface area contributed by atoms with Crippen molar-refractivity contribution in [1.82, 2.24) is 0 Å². The second-order valence-electron chi connectivity index (χ2n) is 13.3. The highest BCUT2D eigenvalue weighted by Gasteiger charge is 2.25. The number of furan rings is 1. The van der Waals surface area contributed by atoms with Crippen molar-refractivity contribution in [2.45, 2.75) is 0 Å². The highest BCUT2D eigenvalue weighted by atomic mass is 16.3. The lowest BCUT2D eigenvalue weighted by molar-refractivity contribution is 0.669. The second-order valence-corrected chi connectivity index (χ2v) is 13.3. The van der Waals surface area contributed by atoms with Gasteiger partial charge in [0.15, 0.2) is 0 Å². The molecule has 10 aromatic rings. The first-order valence-electron chi connectivity index (χ1n) is 17.8. The predicted octanol–water partition coefficient (Wildman–Crippen LogP) is 14.4. The summed E-state index contributed by atoms with van der Waals surface area (Å²) in [5, 5.41) is 7.20. The maximum absolute atomic E-state index is 6.56. The van der Waals surface area contributed by atoms with Crippen molar-refractivity contribution in [2.24, 2.45) is 0 Å². The van der Waals surface area contributed by atoms with E-state index in [1.54, 1.807) is 0 Å². The van der Waals surface area contributed by atoms with Crippen LogP contribution in [0.5, 0.6) is 0 Å². The number of para-hydroxylation sites is 2. The van der Waals surface area contributed by atoms with Crippen LogP contribution in [0, 0.1) is 0 Å². The molecule has 0 aliphatic carbocycles. The molecule has 1 aromatic heterocycles. The topological polar surface area (TPSA) is 16.4 Å².